The number of hydrogen-bond donors (Lipinski definition) is 2. The highest BCUT2D eigenvalue weighted by Gasteiger charge is 2.17. The minimum atomic E-state index is -3.78. The van der Waals surface area contributed by atoms with Crippen LogP contribution in [0.15, 0.2) is 34.5 Å². The number of aliphatic hydroxyl groups excluding tert-OH is 1. The van der Waals surface area contributed by atoms with E-state index in [9.17, 15) is 12.8 Å². The molecule has 0 aliphatic rings. The first-order valence-corrected chi connectivity index (χ1v) is 8.27. The standard InChI is InChI=1S/C13H9ClFNO3S2/c14-12-5-6-13(20-12)21(18,19)16-10-3-4-11(15)9(8-10)2-1-7-17/h3-6,8,16-17H,7H2. The summed E-state index contributed by atoms with van der Waals surface area (Å²) < 4.78 is 40.4. The van der Waals surface area contributed by atoms with Crippen LogP contribution in [0.3, 0.4) is 0 Å². The molecule has 0 saturated heterocycles. The van der Waals surface area contributed by atoms with Gasteiger partial charge in [-0.1, -0.05) is 23.4 Å². The molecule has 110 valence electrons. The van der Waals surface area contributed by atoms with Crippen molar-refractivity contribution in [2.75, 3.05) is 11.3 Å². The molecule has 1 aromatic carbocycles. The van der Waals surface area contributed by atoms with Gasteiger partial charge in [0.1, 0.15) is 16.6 Å². The number of benzene rings is 1. The van der Waals surface area contributed by atoms with E-state index in [-0.39, 0.29) is 15.5 Å². The Bertz CT molecular complexity index is 821. The summed E-state index contributed by atoms with van der Waals surface area (Å²) in [5.74, 6) is 4.11. The van der Waals surface area contributed by atoms with Crippen molar-refractivity contribution in [1.82, 2.24) is 0 Å². The van der Waals surface area contributed by atoms with Gasteiger partial charge in [0.05, 0.1) is 15.6 Å². The van der Waals surface area contributed by atoms with Crippen LogP contribution in [0.2, 0.25) is 4.34 Å². The molecule has 0 amide bonds. The molecule has 1 aromatic heterocycles. The number of nitrogens with one attached hydrogen (secondary N) is 1. The summed E-state index contributed by atoms with van der Waals surface area (Å²) >= 11 is 6.62. The van der Waals surface area contributed by atoms with E-state index in [1.165, 1.54) is 24.3 Å². The van der Waals surface area contributed by atoms with E-state index in [0.717, 1.165) is 17.4 Å². The van der Waals surface area contributed by atoms with Crippen LogP contribution in [0.1, 0.15) is 5.56 Å². The third-order valence-corrected chi connectivity index (χ3v) is 5.44. The zero-order valence-electron chi connectivity index (χ0n) is 10.4. The maximum atomic E-state index is 13.5. The highest BCUT2D eigenvalue weighted by atomic mass is 35.5. The topological polar surface area (TPSA) is 66.4 Å². The fourth-order valence-electron chi connectivity index (χ4n) is 1.47. The Morgan fingerprint density at radius 3 is 2.71 bits per heavy atom. The van der Waals surface area contributed by atoms with E-state index < -0.39 is 22.4 Å². The van der Waals surface area contributed by atoms with E-state index in [1.54, 1.807) is 0 Å². The molecule has 1 heterocycles. The fourth-order valence-corrected chi connectivity index (χ4v) is 4.00. The Morgan fingerprint density at radius 2 is 2.10 bits per heavy atom. The van der Waals surface area contributed by atoms with Gasteiger partial charge in [0, 0.05) is 0 Å². The van der Waals surface area contributed by atoms with Crippen molar-refractivity contribution >= 4 is 38.6 Å². The van der Waals surface area contributed by atoms with Crippen LogP contribution in [-0.4, -0.2) is 20.1 Å². The molecule has 21 heavy (non-hydrogen) atoms. The van der Waals surface area contributed by atoms with Gasteiger partial charge in [0.25, 0.3) is 10.0 Å². The lowest BCUT2D eigenvalue weighted by atomic mass is 10.2. The predicted octanol–water partition coefficient (Wildman–Crippen LogP) is 2.69. The first kappa shape index (κ1) is 15.8. The molecule has 0 fully saturated rings. The van der Waals surface area contributed by atoms with Gasteiger partial charge in [-0.2, -0.15) is 0 Å². The van der Waals surface area contributed by atoms with Crippen molar-refractivity contribution in [1.29, 1.82) is 0 Å². The average Bonchev–Trinajstić information content (AvgIpc) is 2.86. The van der Waals surface area contributed by atoms with Crippen LogP contribution >= 0.6 is 22.9 Å². The second kappa shape index (κ2) is 6.45. The molecular formula is C13H9ClFNO3S2. The molecule has 0 spiro atoms. The van der Waals surface area contributed by atoms with Crippen molar-refractivity contribution in [3.8, 4) is 11.8 Å². The van der Waals surface area contributed by atoms with Crippen molar-refractivity contribution in [3.05, 3.63) is 46.0 Å². The summed E-state index contributed by atoms with van der Waals surface area (Å²) in [5.41, 5.74) is 0.164. The van der Waals surface area contributed by atoms with Crippen LogP contribution in [0.5, 0.6) is 0 Å². The van der Waals surface area contributed by atoms with E-state index in [0.29, 0.717) is 4.34 Å². The molecule has 0 aliphatic carbocycles. The minimum Gasteiger partial charge on any atom is -0.384 e. The molecule has 2 rings (SSSR count). The fraction of sp³-hybridized carbons (Fsp3) is 0.0769. The highest BCUT2D eigenvalue weighted by Crippen LogP contribution is 2.27. The Hall–Kier alpha value is -1.59. The van der Waals surface area contributed by atoms with Gasteiger partial charge in [-0.3, -0.25) is 4.72 Å². The highest BCUT2D eigenvalue weighted by molar-refractivity contribution is 7.94. The van der Waals surface area contributed by atoms with Crippen LogP contribution in [0, 0.1) is 17.7 Å². The molecule has 0 radical (unpaired) electrons. The summed E-state index contributed by atoms with van der Waals surface area (Å²) in [7, 11) is -3.78. The summed E-state index contributed by atoms with van der Waals surface area (Å²) in [6, 6.07) is 6.49. The zero-order valence-corrected chi connectivity index (χ0v) is 12.8. The quantitative estimate of drug-likeness (QED) is 0.840. The summed E-state index contributed by atoms with van der Waals surface area (Å²) in [6.07, 6.45) is 0. The molecule has 2 N–H and O–H groups in total. The molecule has 0 bridgehead atoms. The number of rotatable bonds is 3. The van der Waals surface area contributed by atoms with E-state index in [2.05, 4.69) is 16.6 Å². The van der Waals surface area contributed by atoms with Crippen molar-refractivity contribution in [2.45, 2.75) is 4.21 Å². The van der Waals surface area contributed by atoms with Gasteiger partial charge in [-0.25, -0.2) is 12.8 Å². The predicted molar refractivity (Wildman–Crippen MR) is 80.5 cm³/mol. The third-order valence-electron chi connectivity index (χ3n) is 2.33. The van der Waals surface area contributed by atoms with E-state index in [1.807, 2.05) is 0 Å². The Labute approximate surface area is 130 Å². The smallest absolute Gasteiger partial charge is 0.271 e. The second-order valence-corrected chi connectivity index (χ2v) is 7.44. The molecule has 0 atom stereocenters. The Kier molecular flexibility index (Phi) is 4.85. The third kappa shape index (κ3) is 3.95. The van der Waals surface area contributed by atoms with Gasteiger partial charge in [-0.05, 0) is 30.3 Å². The Balaban J connectivity index is 2.31. The average molecular weight is 346 g/mol. The van der Waals surface area contributed by atoms with Crippen molar-refractivity contribution in [2.24, 2.45) is 0 Å². The first-order chi connectivity index (χ1) is 9.92. The monoisotopic (exact) mass is 345 g/mol. The lowest BCUT2D eigenvalue weighted by Gasteiger charge is -2.07. The molecule has 0 saturated carbocycles. The van der Waals surface area contributed by atoms with Crippen LogP contribution in [-0.2, 0) is 10.0 Å². The second-order valence-electron chi connectivity index (χ2n) is 3.82. The maximum Gasteiger partial charge on any atom is 0.271 e. The van der Waals surface area contributed by atoms with E-state index >= 15 is 0 Å². The molecule has 4 nitrogen and oxygen atoms in total. The zero-order chi connectivity index (χ0) is 15.5. The molecule has 0 unspecified atom stereocenters. The summed E-state index contributed by atoms with van der Waals surface area (Å²) in [4.78, 5) is 0. The number of hydrogen-bond acceptors (Lipinski definition) is 4. The number of anilines is 1. The van der Waals surface area contributed by atoms with Gasteiger partial charge in [0.15, 0.2) is 0 Å². The SMILES string of the molecule is O=S(=O)(Nc1ccc(F)c(C#CCO)c1)c1ccc(Cl)s1. The molecule has 0 aliphatic heterocycles. The lowest BCUT2D eigenvalue weighted by molar-refractivity contribution is 0.350. The summed E-state index contributed by atoms with van der Waals surface area (Å²) in [6.45, 7) is -0.414. The lowest BCUT2D eigenvalue weighted by Crippen LogP contribution is -2.11. The van der Waals surface area contributed by atoms with Crippen LogP contribution in [0.4, 0.5) is 10.1 Å². The first-order valence-electron chi connectivity index (χ1n) is 5.60. The molecule has 8 heteroatoms. The maximum absolute atomic E-state index is 13.5. The molecule has 2 aromatic rings. The number of sulfonamides is 1. The van der Waals surface area contributed by atoms with Gasteiger partial charge < -0.3 is 5.11 Å². The normalized spacial score (nSPS) is 10.8. The number of thiophene rings is 1. The van der Waals surface area contributed by atoms with Gasteiger partial charge in [0.2, 0.25) is 0 Å². The Morgan fingerprint density at radius 1 is 1.33 bits per heavy atom. The summed E-state index contributed by atoms with van der Waals surface area (Å²) in [5, 5.41) is 8.61. The number of aliphatic hydroxyl groups is 1. The van der Waals surface area contributed by atoms with E-state index in [4.69, 9.17) is 16.7 Å². The largest absolute Gasteiger partial charge is 0.384 e. The number of halogens is 2. The minimum absolute atomic E-state index is 0.00605. The van der Waals surface area contributed by atoms with Crippen LogP contribution in [0.25, 0.3) is 0 Å². The van der Waals surface area contributed by atoms with Crippen LogP contribution < -0.4 is 4.72 Å². The molecular weight excluding hydrogens is 337 g/mol. The van der Waals surface area contributed by atoms with Crippen molar-refractivity contribution in [3.63, 3.8) is 0 Å². The van der Waals surface area contributed by atoms with Gasteiger partial charge >= 0.3 is 0 Å². The van der Waals surface area contributed by atoms with Crippen molar-refractivity contribution < 1.29 is 17.9 Å². The van der Waals surface area contributed by atoms with Gasteiger partial charge in [-0.15, -0.1) is 11.3 Å².